The third kappa shape index (κ3) is 3.12. The first kappa shape index (κ1) is 10.1. The maximum absolute atomic E-state index is 10.3. The quantitative estimate of drug-likeness (QED) is 0.790. The molecule has 5 heteroatoms. The van der Waals surface area contributed by atoms with Gasteiger partial charge < -0.3 is 10.2 Å². The first-order valence-electron chi connectivity index (χ1n) is 3.62. The molecule has 0 radical (unpaired) electrons. The van der Waals surface area contributed by atoms with Crippen molar-refractivity contribution in [3.05, 3.63) is 28.5 Å². The number of hydrogen-bond acceptors (Lipinski definition) is 3. The molecule has 0 fully saturated rings. The Kier molecular flexibility index (Phi) is 3.39. The molecule has 0 spiro atoms. The summed E-state index contributed by atoms with van der Waals surface area (Å²) in [4.78, 5) is 14.2. The summed E-state index contributed by atoms with van der Waals surface area (Å²) in [5.41, 5.74) is 0.358. The molecule has 0 aliphatic heterocycles. The van der Waals surface area contributed by atoms with Gasteiger partial charge in [0.25, 0.3) is 0 Å². The van der Waals surface area contributed by atoms with E-state index in [-0.39, 0.29) is 6.42 Å². The van der Waals surface area contributed by atoms with Crippen LogP contribution >= 0.6 is 15.9 Å². The Morgan fingerprint density at radius 2 is 2.31 bits per heavy atom. The maximum atomic E-state index is 10.3. The van der Waals surface area contributed by atoms with Gasteiger partial charge in [0.15, 0.2) is 0 Å². The molecule has 0 unspecified atom stereocenters. The summed E-state index contributed by atoms with van der Waals surface area (Å²) in [5.74, 6) is -1.05. The van der Waals surface area contributed by atoms with Crippen LogP contribution in [-0.4, -0.2) is 21.2 Å². The van der Waals surface area contributed by atoms with E-state index in [0.717, 1.165) is 0 Å². The minimum atomic E-state index is -1.05. The third-order valence-electron chi connectivity index (χ3n) is 1.45. The van der Waals surface area contributed by atoms with Crippen LogP contribution in [0.5, 0.6) is 0 Å². The number of halogens is 1. The fourth-order valence-electron chi connectivity index (χ4n) is 0.880. The van der Waals surface area contributed by atoms with Crippen molar-refractivity contribution in [3.8, 4) is 0 Å². The Morgan fingerprint density at radius 1 is 1.62 bits per heavy atom. The molecular weight excluding hydrogens is 238 g/mol. The van der Waals surface area contributed by atoms with Gasteiger partial charge in [-0.3, -0.25) is 4.79 Å². The average Bonchev–Trinajstić information content (AvgIpc) is 2.03. The second-order valence-electron chi connectivity index (χ2n) is 2.50. The summed E-state index contributed by atoms with van der Waals surface area (Å²) in [5, 5.41) is 17.8. The second-order valence-corrected chi connectivity index (χ2v) is 3.31. The van der Waals surface area contributed by atoms with Gasteiger partial charge in [-0.1, -0.05) is 6.07 Å². The van der Waals surface area contributed by atoms with Gasteiger partial charge >= 0.3 is 5.97 Å². The lowest BCUT2D eigenvalue weighted by atomic mass is 10.2. The van der Waals surface area contributed by atoms with E-state index in [2.05, 4.69) is 20.9 Å². The summed E-state index contributed by atoms with van der Waals surface area (Å²) in [6.45, 7) is 0. The Bertz CT molecular complexity index is 316. The molecule has 0 aliphatic carbocycles. The largest absolute Gasteiger partial charge is 0.481 e. The van der Waals surface area contributed by atoms with Gasteiger partial charge in [-0.05, 0) is 28.1 Å². The van der Waals surface area contributed by atoms with Crippen molar-refractivity contribution in [2.45, 2.75) is 12.5 Å². The highest BCUT2D eigenvalue weighted by Crippen LogP contribution is 2.16. The van der Waals surface area contributed by atoms with Gasteiger partial charge in [-0.15, -0.1) is 0 Å². The number of pyridine rings is 1. The van der Waals surface area contributed by atoms with E-state index in [0.29, 0.717) is 10.3 Å². The molecule has 1 aromatic rings. The molecule has 2 N–H and O–H groups in total. The number of carboxylic acid groups (broad SMARTS) is 1. The smallest absolute Gasteiger partial charge is 0.306 e. The molecule has 0 bridgehead atoms. The van der Waals surface area contributed by atoms with Gasteiger partial charge in [-0.2, -0.15) is 0 Å². The van der Waals surface area contributed by atoms with Gasteiger partial charge in [0.2, 0.25) is 0 Å². The standard InChI is InChI=1S/C8H8BrNO3/c9-7-3-1-2-5(10-7)6(11)4-8(12)13/h1-3,6,11H,4H2,(H,12,13)/t6-/m0/s1. The second kappa shape index (κ2) is 4.34. The number of nitrogens with zero attached hydrogens (tertiary/aromatic N) is 1. The highest BCUT2D eigenvalue weighted by atomic mass is 79.9. The molecule has 0 aromatic carbocycles. The van der Waals surface area contributed by atoms with Crippen LogP contribution in [0.25, 0.3) is 0 Å². The van der Waals surface area contributed by atoms with E-state index in [1.165, 1.54) is 0 Å². The zero-order valence-electron chi connectivity index (χ0n) is 6.64. The monoisotopic (exact) mass is 245 g/mol. The zero-order chi connectivity index (χ0) is 9.84. The molecule has 4 nitrogen and oxygen atoms in total. The van der Waals surface area contributed by atoms with Crippen molar-refractivity contribution >= 4 is 21.9 Å². The summed E-state index contributed by atoms with van der Waals surface area (Å²) in [6, 6.07) is 4.98. The summed E-state index contributed by atoms with van der Waals surface area (Å²) in [6.07, 6.45) is -1.38. The lowest BCUT2D eigenvalue weighted by Crippen LogP contribution is -2.06. The van der Waals surface area contributed by atoms with E-state index in [1.807, 2.05) is 0 Å². The first-order valence-corrected chi connectivity index (χ1v) is 4.41. The molecule has 0 amide bonds. The zero-order valence-corrected chi connectivity index (χ0v) is 8.23. The van der Waals surface area contributed by atoms with Crippen molar-refractivity contribution in [1.82, 2.24) is 4.98 Å². The third-order valence-corrected chi connectivity index (χ3v) is 1.89. The highest BCUT2D eigenvalue weighted by Gasteiger charge is 2.12. The molecule has 1 atom stereocenters. The Labute approximate surface area is 83.4 Å². The van der Waals surface area contributed by atoms with Crippen LogP contribution in [0.1, 0.15) is 18.2 Å². The van der Waals surface area contributed by atoms with E-state index in [1.54, 1.807) is 18.2 Å². The first-order chi connectivity index (χ1) is 6.09. The van der Waals surface area contributed by atoms with Crippen molar-refractivity contribution in [1.29, 1.82) is 0 Å². The van der Waals surface area contributed by atoms with Crippen LogP contribution in [0.3, 0.4) is 0 Å². The lowest BCUT2D eigenvalue weighted by Gasteiger charge is -2.06. The van der Waals surface area contributed by atoms with Gasteiger partial charge in [-0.25, -0.2) is 4.98 Å². The van der Waals surface area contributed by atoms with Crippen LogP contribution in [0.15, 0.2) is 22.8 Å². The fraction of sp³-hybridized carbons (Fsp3) is 0.250. The number of aliphatic carboxylic acids is 1. The predicted molar refractivity (Wildman–Crippen MR) is 49.1 cm³/mol. The summed E-state index contributed by atoms with van der Waals surface area (Å²) < 4.78 is 0.578. The molecule has 13 heavy (non-hydrogen) atoms. The number of aliphatic hydroxyl groups is 1. The van der Waals surface area contributed by atoms with Crippen LogP contribution in [0.2, 0.25) is 0 Å². The number of carbonyl (C=O) groups is 1. The molecule has 0 aliphatic rings. The number of carboxylic acids is 1. The Hall–Kier alpha value is -0.940. The maximum Gasteiger partial charge on any atom is 0.306 e. The topological polar surface area (TPSA) is 70.4 Å². The van der Waals surface area contributed by atoms with E-state index < -0.39 is 12.1 Å². The van der Waals surface area contributed by atoms with Crippen LogP contribution in [-0.2, 0) is 4.79 Å². The van der Waals surface area contributed by atoms with E-state index >= 15 is 0 Å². The lowest BCUT2D eigenvalue weighted by molar-refractivity contribution is -0.139. The molecule has 0 saturated carbocycles. The minimum Gasteiger partial charge on any atom is -0.481 e. The molecule has 1 aromatic heterocycles. The average molecular weight is 246 g/mol. The Morgan fingerprint density at radius 3 is 2.85 bits per heavy atom. The Balaban J connectivity index is 2.76. The summed E-state index contributed by atoms with van der Waals surface area (Å²) in [7, 11) is 0. The SMILES string of the molecule is O=C(O)C[C@H](O)c1cccc(Br)n1. The number of rotatable bonds is 3. The van der Waals surface area contributed by atoms with Gasteiger partial charge in [0, 0.05) is 0 Å². The minimum absolute atomic E-state index is 0.330. The van der Waals surface area contributed by atoms with Crippen LogP contribution < -0.4 is 0 Å². The van der Waals surface area contributed by atoms with E-state index in [4.69, 9.17) is 5.11 Å². The van der Waals surface area contributed by atoms with Gasteiger partial charge in [0.05, 0.1) is 12.1 Å². The fourth-order valence-corrected chi connectivity index (χ4v) is 1.24. The van der Waals surface area contributed by atoms with Crippen molar-refractivity contribution in [3.63, 3.8) is 0 Å². The highest BCUT2D eigenvalue weighted by molar-refractivity contribution is 9.10. The van der Waals surface area contributed by atoms with E-state index in [9.17, 15) is 9.90 Å². The molecule has 1 rings (SSSR count). The normalized spacial score (nSPS) is 12.5. The summed E-state index contributed by atoms with van der Waals surface area (Å²) >= 11 is 3.13. The van der Waals surface area contributed by atoms with Crippen molar-refractivity contribution < 1.29 is 15.0 Å². The van der Waals surface area contributed by atoms with Gasteiger partial charge in [0.1, 0.15) is 10.7 Å². The van der Waals surface area contributed by atoms with Crippen molar-refractivity contribution in [2.24, 2.45) is 0 Å². The molecule has 0 saturated heterocycles. The molecule has 1 heterocycles. The number of hydrogen-bond donors (Lipinski definition) is 2. The molecule has 70 valence electrons. The van der Waals surface area contributed by atoms with Crippen LogP contribution in [0.4, 0.5) is 0 Å². The van der Waals surface area contributed by atoms with Crippen molar-refractivity contribution in [2.75, 3.05) is 0 Å². The molecular formula is C8H8BrNO3. The predicted octanol–water partition coefficient (Wildman–Crippen LogP) is 1.35. The van der Waals surface area contributed by atoms with Crippen LogP contribution in [0, 0.1) is 0 Å². The number of aliphatic hydroxyl groups excluding tert-OH is 1. The number of aromatic nitrogens is 1.